The molecule has 0 aromatic rings. The second kappa shape index (κ2) is 4.41. The van der Waals surface area contributed by atoms with Crippen molar-refractivity contribution in [3.63, 3.8) is 0 Å². The number of aliphatic carboxylic acids is 2. The first-order valence-electron chi connectivity index (χ1n) is 4.73. The molecule has 1 saturated heterocycles. The summed E-state index contributed by atoms with van der Waals surface area (Å²) in [6, 6.07) is 0. The highest BCUT2D eigenvalue weighted by Gasteiger charge is 2.42. The van der Waals surface area contributed by atoms with Crippen LogP contribution in [0.15, 0.2) is 0 Å². The minimum Gasteiger partial charge on any atom is -0.473 e. The zero-order valence-electron chi connectivity index (χ0n) is 7.95. The maximum atomic E-state index is 9.10. The van der Waals surface area contributed by atoms with E-state index in [2.05, 4.69) is 5.32 Å². The quantitative estimate of drug-likeness (QED) is 0.491. The van der Waals surface area contributed by atoms with Crippen LogP contribution < -0.4 is 5.32 Å². The Labute approximate surface area is 82.1 Å². The second-order valence-electron chi connectivity index (χ2n) is 3.89. The van der Waals surface area contributed by atoms with Crippen molar-refractivity contribution < 1.29 is 19.8 Å². The lowest BCUT2D eigenvalue weighted by molar-refractivity contribution is -0.159. The van der Waals surface area contributed by atoms with Gasteiger partial charge < -0.3 is 15.5 Å². The Balaban J connectivity index is 0.000000149. The third-order valence-corrected chi connectivity index (χ3v) is 2.70. The molecule has 0 aromatic heterocycles. The van der Waals surface area contributed by atoms with E-state index in [-0.39, 0.29) is 0 Å². The molecule has 1 saturated carbocycles. The number of carboxylic acids is 2. The first kappa shape index (κ1) is 11.0. The number of hydrogen-bond donors (Lipinski definition) is 3. The Morgan fingerprint density at radius 3 is 1.86 bits per heavy atom. The van der Waals surface area contributed by atoms with Crippen molar-refractivity contribution in [2.45, 2.75) is 25.7 Å². The van der Waals surface area contributed by atoms with Crippen LogP contribution in [-0.4, -0.2) is 35.2 Å². The van der Waals surface area contributed by atoms with Crippen molar-refractivity contribution >= 4 is 11.9 Å². The van der Waals surface area contributed by atoms with E-state index >= 15 is 0 Å². The van der Waals surface area contributed by atoms with Gasteiger partial charge in [-0.2, -0.15) is 0 Å². The van der Waals surface area contributed by atoms with Crippen molar-refractivity contribution in [2.75, 3.05) is 13.1 Å². The number of piperidine rings is 1. The van der Waals surface area contributed by atoms with Gasteiger partial charge in [0.05, 0.1) is 0 Å². The third-order valence-electron chi connectivity index (χ3n) is 2.70. The minimum absolute atomic E-state index is 0.818. The SMILES string of the molecule is C1CNCC2(C1)CC2.O=C(O)C(=O)O. The van der Waals surface area contributed by atoms with Crippen molar-refractivity contribution in [1.82, 2.24) is 5.32 Å². The smallest absolute Gasteiger partial charge is 0.414 e. The van der Waals surface area contributed by atoms with Gasteiger partial charge in [-0.15, -0.1) is 0 Å². The topological polar surface area (TPSA) is 86.6 Å². The molecule has 1 aliphatic carbocycles. The molecule has 0 radical (unpaired) electrons. The Hall–Kier alpha value is -1.10. The summed E-state index contributed by atoms with van der Waals surface area (Å²) in [5.74, 6) is -3.65. The van der Waals surface area contributed by atoms with Gasteiger partial charge in [0.2, 0.25) is 0 Å². The number of carboxylic acid groups (broad SMARTS) is 2. The standard InChI is InChI=1S/C7H13N.C2H2O4/c1-2-7(3-4-7)6-8-5-1;3-1(4)2(5)6/h8H,1-6H2;(H,3,4)(H,5,6). The number of nitrogens with one attached hydrogen (secondary N) is 1. The average Bonchev–Trinajstić information content (AvgIpc) is 2.87. The molecule has 2 aliphatic rings. The highest BCUT2D eigenvalue weighted by atomic mass is 16.4. The Kier molecular flexibility index (Phi) is 3.46. The molecular weight excluding hydrogens is 186 g/mol. The molecule has 1 aliphatic heterocycles. The Bertz CT molecular complexity index is 215. The fourth-order valence-corrected chi connectivity index (χ4v) is 1.63. The van der Waals surface area contributed by atoms with E-state index in [1.54, 1.807) is 0 Å². The summed E-state index contributed by atoms with van der Waals surface area (Å²) in [6.07, 6.45) is 5.92. The fraction of sp³-hybridized carbons (Fsp3) is 0.778. The van der Waals surface area contributed by atoms with E-state index in [4.69, 9.17) is 19.8 Å². The van der Waals surface area contributed by atoms with Crippen LogP contribution in [0.5, 0.6) is 0 Å². The lowest BCUT2D eigenvalue weighted by Gasteiger charge is -2.21. The van der Waals surface area contributed by atoms with Crippen molar-refractivity contribution in [1.29, 1.82) is 0 Å². The normalized spacial score (nSPS) is 22.0. The summed E-state index contributed by atoms with van der Waals surface area (Å²) < 4.78 is 0. The molecule has 0 amide bonds. The second-order valence-corrected chi connectivity index (χ2v) is 3.89. The van der Waals surface area contributed by atoms with Gasteiger partial charge in [-0.1, -0.05) is 0 Å². The van der Waals surface area contributed by atoms with Crippen LogP contribution in [0.25, 0.3) is 0 Å². The summed E-state index contributed by atoms with van der Waals surface area (Å²) >= 11 is 0. The highest BCUT2D eigenvalue weighted by Crippen LogP contribution is 2.49. The van der Waals surface area contributed by atoms with Gasteiger partial charge in [-0.3, -0.25) is 0 Å². The largest absolute Gasteiger partial charge is 0.473 e. The van der Waals surface area contributed by atoms with Crippen LogP contribution in [0.3, 0.4) is 0 Å². The highest BCUT2D eigenvalue weighted by molar-refractivity contribution is 6.27. The number of rotatable bonds is 0. The molecule has 1 heterocycles. The molecule has 0 unspecified atom stereocenters. The van der Waals surface area contributed by atoms with Crippen LogP contribution in [0, 0.1) is 5.41 Å². The van der Waals surface area contributed by atoms with E-state index in [1.165, 1.54) is 38.8 Å². The van der Waals surface area contributed by atoms with E-state index in [1.807, 2.05) is 0 Å². The third kappa shape index (κ3) is 3.33. The van der Waals surface area contributed by atoms with E-state index < -0.39 is 11.9 Å². The molecule has 2 fully saturated rings. The lowest BCUT2D eigenvalue weighted by atomic mass is 9.97. The van der Waals surface area contributed by atoms with Gasteiger partial charge in [0, 0.05) is 6.54 Å². The van der Waals surface area contributed by atoms with Gasteiger partial charge in [-0.25, -0.2) is 9.59 Å². The van der Waals surface area contributed by atoms with Crippen LogP contribution >= 0.6 is 0 Å². The van der Waals surface area contributed by atoms with Crippen LogP contribution in [0.2, 0.25) is 0 Å². The monoisotopic (exact) mass is 201 g/mol. The van der Waals surface area contributed by atoms with Crippen LogP contribution in [0.1, 0.15) is 25.7 Å². The van der Waals surface area contributed by atoms with Gasteiger partial charge in [-0.05, 0) is 37.6 Å². The van der Waals surface area contributed by atoms with Gasteiger partial charge in [0.15, 0.2) is 0 Å². The van der Waals surface area contributed by atoms with Crippen molar-refractivity contribution in [3.8, 4) is 0 Å². The number of carbonyl (C=O) groups is 2. The van der Waals surface area contributed by atoms with Gasteiger partial charge in [0.25, 0.3) is 0 Å². The molecule has 0 atom stereocenters. The summed E-state index contributed by atoms with van der Waals surface area (Å²) in [5.41, 5.74) is 0.818. The van der Waals surface area contributed by atoms with E-state index in [0.29, 0.717) is 0 Å². The molecule has 0 bridgehead atoms. The molecule has 3 N–H and O–H groups in total. The van der Waals surface area contributed by atoms with Crippen molar-refractivity contribution in [2.24, 2.45) is 5.41 Å². The molecule has 2 rings (SSSR count). The van der Waals surface area contributed by atoms with Crippen LogP contribution in [0.4, 0.5) is 0 Å². The summed E-state index contributed by atoms with van der Waals surface area (Å²) in [6.45, 7) is 2.58. The predicted molar refractivity (Wildman–Crippen MR) is 49.0 cm³/mol. The first-order valence-corrected chi connectivity index (χ1v) is 4.73. The van der Waals surface area contributed by atoms with Crippen molar-refractivity contribution in [3.05, 3.63) is 0 Å². The molecule has 80 valence electrons. The molecular formula is C9H15NO4. The van der Waals surface area contributed by atoms with Gasteiger partial charge in [0.1, 0.15) is 0 Å². The number of hydrogen-bond acceptors (Lipinski definition) is 3. The summed E-state index contributed by atoms with van der Waals surface area (Å²) in [4.78, 5) is 18.2. The van der Waals surface area contributed by atoms with Gasteiger partial charge >= 0.3 is 11.9 Å². The van der Waals surface area contributed by atoms with Crippen LogP contribution in [-0.2, 0) is 9.59 Å². The Morgan fingerprint density at radius 2 is 1.64 bits per heavy atom. The summed E-state index contributed by atoms with van der Waals surface area (Å²) in [5, 5.41) is 18.2. The molecule has 5 nitrogen and oxygen atoms in total. The fourth-order valence-electron chi connectivity index (χ4n) is 1.63. The zero-order chi connectivity index (χ0) is 10.6. The van der Waals surface area contributed by atoms with E-state index in [0.717, 1.165) is 5.41 Å². The predicted octanol–water partition coefficient (Wildman–Crippen LogP) is 0.306. The Morgan fingerprint density at radius 1 is 1.07 bits per heavy atom. The first-order chi connectivity index (χ1) is 6.56. The molecule has 0 aromatic carbocycles. The average molecular weight is 201 g/mol. The molecule has 1 spiro atoms. The maximum absolute atomic E-state index is 9.10. The van der Waals surface area contributed by atoms with E-state index in [9.17, 15) is 0 Å². The minimum atomic E-state index is -1.82. The zero-order valence-corrected chi connectivity index (χ0v) is 7.95. The molecule has 14 heavy (non-hydrogen) atoms. The molecule has 5 heteroatoms. The summed E-state index contributed by atoms with van der Waals surface area (Å²) in [7, 11) is 0. The lowest BCUT2D eigenvalue weighted by Crippen LogP contribution is -2.30. The maximum Gasteiger partial charge on any atom is 0.414 e.